The molecule has 0 aliphatic heterocycles. The first kappa shape index (κ1) is 29.0. The zero-order valence-corrected chi connectivity index (χ0v) is 18.7. The zero-order valence-electron chi connectivity index (χ0n) is 15.6. The Morgan fingerprint density at radius 3 is 1.39 bits per heavy atom. The van der Waals surface area contributed by atoms with Crippen LogP contribution in [0.5, 0.6) is 0 Å². The third-order valence-electron chi connectivity index (χ3n) is 4.34. The van der Waals surface area contributed by atoms with Gasteiger partial charge in [0.25, 0.3) is 0 Å². The van der Waals surface area contributed by atoms with Crippen molar-refractivity contribution in [2.45, 2.75) is 90.9 Å². The van der Waals surface area contributed by atoms with Crippen LogP contribution in [0.25, 0.3) is 0 Å². The van der Waals surface area contributed by atoms with Crippen molar-refractivity contribution in [1.82, 2.24) is 0 Å². The Kier molecular flexibility index (Phi) is 22.6. The van der Waals surface area contributed by atoms with Gasteiger partial charge in [0.2, 0.25) is 0 Å². The summed E-state index contributed by atoms with van der Waals surface area (Å²) in [6, 6.07) is 0. The minimum absolute atomic E-state index is 0. The van der Waals surface area contributed by atoms with Crippen molar-refractivity contribution < 1.29 is 90.0 Å². The van der Waals surface area contributed by atoms with Gasteiger partial charge in [0.05, 0.1) is 11.9 Å². The summed E-state index contributed by atoms with van der Waals surface area (Å²) in [6.45, 7) is 3.76. The first-order valence-corrected chi connectivity index (χ1v) is 8.44. The number of unbranched alkanes of at least 4 members (excludes halogenated alkanes) is 9. The Morgan fingerprint density at radius 1 is 0.739 bits per heavy atom. The predicted octanol–water partition coefficient (Wildman–Crippen LogP) is -3.80. The second kappa shape index (κ2) is 18.0. The number of hydrogen-bond acceptors (Lipinski definition) is 4. The van der Waals surface area contributed by atoms with Gasteiger partial charge in [-0.3, -0.25) is 0 Å². The summed E-state index contributed by atoms with van der Waals surface area (Å²) in [7, 11) is 0. The molecule has 0 aromatic carbocycles. The van der Waals surface area contributed by atoms with E-state index in [1.54, 1.807) is 6.92 Å². The molecule has 0 spiro atoms. The molecule has 0 aliphatic rings. The number of carbonyl (C=O) groups excluding carboxylic acids is 2. The van der Waals surface area contributed by atoms with E-state index in [1.165, 1.54) is 38.5 Å². The van der Waals surface area contributed by atoms with Gasteiger partial charge in [0.15, 0.2) is 0 Å². The monoisotopic (exact) mass is 344 g/mol. The molecule has 0 amide bonds. The van der Waals surface area contributed by atoms with Crippen LogP contribution in [0, 0.1) is 5.41 Å². The molecule has 0 aromatic rings. The number of carboxylic acid groups (broad SMARTS) is 2. The molecule has 0 N–H and O–H groups in total. The molecule has 0 heterocycles. The molecule has 0 radical (unpaired) electrons. The normalized spacial score (nSPS) is 10.5. The predicted molar refractivity (Wildman–Crippen MR) is 79.2 cm³/mol. The van der Waals surface area contributed by atoms with Crippen LogP contribution in [-0.4, -0.2) is 11.9 Å². The molecule has 6 heteroatoms. The van der Waals surface area contributed by atoms with Crippen LogP contribution in [0.4, 0.5) is 0 Å². The van der Waals surface area contributed by atoms with E-state index < -0.39 is 17.4 Å². The first-order valence-electron chi connectivity index (χ1n) is 8.44. The minimum atomic E-state index is -1.81. The Balaban J connectivity index is -0.00000200. The maximum atomic E-state index is 11.1. The minimum Gasteiger partial charge on any atom is -0.549 e. The fourth-order valence-corrected chi connectivity index (χ4v) is 2.67. The van der Waals surface area contributed by atoms with Crippen molar-refractivity contribution >= 4 is 11.9 Å². The smallest absolute Gasteiger partial charge is 0.549 e. The Bertz CT molecular complexity index is 297. The third kappa shape index (κ3) is 12.2. The molecule has 0 unspecified atom stereocenters. The topological polar surface area (TPSA) is 80.3 Å². The van der Waals surface area contributed by atoms with Crippen molar-refractivity contribution in [2.24, 2.45) is 5.41 Å². The molecule has 0 atom stereocenters. The average molecular weight is 344 g/mol. The summed E-state index contributed by atoms with van der Waals surface area (Å²) in [5, 5.41) is 22.1. The zero-order chi connectivity index (χ0) is 16.1. The molecular weight excluding hydrogens is 314 g/mol. The van der Waals surface area contributed by atoms with E-state index in [0.29, 0.717) is 6.42 Å². The molecule has 23 heavy (non-hydrogen) atoms. The quantitative estimate of drug-likeness (QED) is 0.184. The van der Waals surface area contributed by atoms with E-state index in [9.17, 15) is 19.8 Å². The van der Waals surface area contributed by atoms with Gasteiger partial charge in [-0.15, -0.1) is 0 Å². The van der Waals surface area contributed by atoms with Gasteiger partial charge in [0.1, 0.15) is 0 Å². The molecule has 0 saturated carbocycles. The number of aliphatic carboxylic acids is 2. The second-order valence-corrected chi connectivity index (χ2v) is 5.94. The molecule has 0 fully saturated rings. The summed E-state index contributed by atoms with van der Waals surface area (Å²) in [5.74, 6) is -3.03. The third-order valence-corrected chi connectivity index (χ3v) is 4.34. The van der Waals surface area contributed by atoms with Crippen LogP contribution in [-0.2, 0) is 9.59 Å². The van der Waals surface area contributed by atoms with Crippen LogP contribution in [0.15, 0.2) is 0 Å². The standard InChI is InChI=1S/C17H32O4.K.Li/c1-3-5-6-7-8-9-10-11-12-13-14-17(4-2,15(18)19)16(20)21;;/h3-14H2,1-2H3,(H,18,19)(H,20,21);;/q;2*+1/p-2. The van der Waals surface area contributed by atoms with Crippen molar-refractivity contribution in [1.29, 1.82) is 0 Å². The summed E-state index contributed by atoms with van der Waals surface area (Å²) < 4.78 is 0. The molecule has 0 aromatic heterocycles. The van der Waals surface area contributed by atoms with Crippen LogP contribution in [0.3, 0.4) is 0 Å². The van der Waals surface area contributed by atoms with E-state index >= 15 is 0 Å². The second-order valence-electron chi connectivity index (χ2n) is 5.94. The number of carbonyl (C=O) groups is 2. The Labute approximate surface area is 196 Å². The van der Waals surface area contributed by atoms with Crippen molar-refractivity contribution in [3.8, 4) is 0 Å². The molecule has 0 saturated heterocycles. The fraction of sp³-hybridized carbons (Fsp3) is 0.882. The van der Waals surface area contributed by atoms with Gasteiger partial charge in [-0.2, -0.15) is 0 Å². The van der Waals surface area contributed by atoms with E-state index in [-0.39, 0.29) is 83.1 Å². The first-order chi connectivity index (χ1) is 10.0. The van der Waals surface area contributed by atoms with Crippen molar-refractivity contribution in [3.05, 3.63) is 0 Å². The Hall–Kier alpha value is 1.17. The fourth-order valence-electron chi connectivity index (χ4n) is 2.67. The SMILES string of the molecule is CCCCCCCCCCCCC(CC)(C(=O)[O-])C(=O)[O-].[K+].[Li+]. The van der Waals surface area contributed by atoms with Gasteiger partial charge < -0.3 is 19.8 Å². The summed E-state index contributed by atoms with van der Waals surface area (Å²) in [5.41, 5.74) is -1.81. The molecule has 0 bridgehead atoms. The van der Waals surface area contributed by atoms with E-state index in [4.69, 9.17) is 0 Å². The summed E-state index contributed by atoms with van der Waals surface area (Å²) >= 11 is 0. The van der Waals surface area contributed by atoms with Gasteiger partial charge in [-0.05, 0) is 12.8 Å². The van der Waals surface area contributed by atoms with Gasteiger partial charge in [-0.1, -0.05) is 78.1 Å². The van der Waals surface area contributed by atoms with E-state index in [1.807, 2.05) is 0 Å². The average Bonchev–Trinajstić information content (AvgIpc) is 2.44. The molecule has 4 nitrogen and oxygen atoms in total. The molecule has 0 rings (SSSR count). The number of rotatable bonds is 14. The molecular formula is C17H30KLiO4. The van der Waals surface area contributed by atoms with Crippen molar-refractivity contribution in [3.63, 3.8) is 0 Å². The van der Waals surface area contributed by atoms with Gasteiger partial charge in [0, 0.05) is 5.41 Å². The van der Waals surface area contributed by atoms with Crippen LogP contribution < -0.4 is 80.5 Å². The van der Waals surface area contributed by atoms with Gasteiger partial charge in [-0.25, -0.2) is 0 Å². The van der Waals surface area contributed by atoms with Crippen molar-refractivity contribution in [2.75, 3.05) is 0 Å². The largest absolute Gasteiger partial charge is 1.00 e. The molecule has 124 valence electrons. The number of hydrogen-bond donors (Lipinski definition) is 0. The van der Waals surface area contributed by atoms with Crippen LogP contribution in [0.2, 0.25) is 0 Å². The van der Waals surface area contributed by atoms with Gasteiger partial charge >= 0.3 is 70.2 Å². The maximum absolute atomic E-state index is 11.1. The van der Waals surface area contributed by atoms with E-state index in [2.05, 4.69) is 6.92 Å². The number of carboxylic acids is 2. The van der Waals surface area contributed by atoms with Crippen LogP contribution in [0.1, 0.15) is 90.9 Å². The summed E-state index contributed by atoms with van der Waals surface area (Å²) in [6.07, 6.45) is 11.4. The van der Waals surface area contributed by atoms with Crippen LogP contribution >= 0.6 is 0 Å². The Morgan fingerprint density at radius 2 is 1.09 bits per heavy atom. The van der Waals surface area contributed by atoms with E-state index in [0.717, 1.165) is 19.3 Å². The maximum Gasteiger partial charge on any atom is 1.00 e. The summed E-state index contributed by atoms with van der Waals surface area (Å²) in [4.78, 5) is 22.1. The molecule has 0 aliphatic carbocycles.